The molecule has 2 aromatic rings. The normalized spacial score (nSPS) is 33.9. The monoisotopic (exact) mass is 389 g/mol. The van der Waals surface area contributed by atoms with Gasteiger partial charge in [-0.25, -0.2) is 0 Å². The molecule has 4 atom stereocenters. The molecule has 2 aliphatic heterocycles. The van der Waals surface area contributed by atoms with Crippen LogP contribution in [0.3, 0.4) is 0 Å². The molecule has 6 rings (SSSR count). The van der Waals surface area contributed by atoms with Crippen molar-refractivity contribution in [1.82, 2.24) is 4.90 Å². The van der Waals surface area contributed by atoms with E-state index in [0.29, 0.717) is 31.4 Å². The van der Waals surface area contributed by atoms with Crippen molar-refractivity contribution in [3.05, 3.63) is 64.7 Å². The van der Waals surface area contributed by atoms with E-state index in [1.165, 1.54) is 0 Å². The summed E-state index contributed by atoms with van der Waals surface area (Å²) in [6, 6.07) is 13.0. The second kappa shape index (κ2) is 5.48. The van der Waals surface area contributed by atoms with Gasteiger partial charge in [0, 0.05) is 24.1 Å². The molecule has 29 heavy (non-hydrogen) atoms. The number of carbonyl (C=O) groups excluding carboxylic acids is 2. The van der Waals surface area contributed by atoms with Crippen LogP contribution in [0.4, 0.5) is 0 Å². The predicted octanol–water partition coefficient (Wildman–Crippen LogP) is 2.56. The van der Waals surface area contributed by atoms with E-state index in [4.69, 9.17) is 4.74 Å². The van der Waals surface area contributed by atoms with Crippen molar-refractivity contribution in [3.8, 4) is 5.75 Å². The van der Waals surface area contributed by atoms with Crippen molar-refractivity contribution >= 4 is 11.7 Å². The van der Waals surface area contributed by atoms with E-state index in [2.05, 4.69) is 6.07 Å². The lowest BCUT2D eigenvalue weighted by molar-refractivity contribution is -0.181. The molecule has 2 fully saturated rings. The van der Waals surface area contributed by atoms with E-state index >= 15 is 0 Å². The third-order valence-electron chi connectivity index (χ3n) is 7.76. The van der Waals surface area contributed by atoms with Crippen molar-refractivity contribution in [2.45, 2.75) is 55.8 Å². The lowest BCUT2D eigenvalue weighted by Gasteiger charge is -2.62. The van der Waals surface area contributed by atoms with Gasteiger partial charge in [0.25, 0.3) is 5.91 Å². The molecule has 2 aromatic carbocycles. The predicted molar refractivity (Wildman–Crippen MR) is 106 cm³/mol. The van der Waals surface area contributed by atoms with Gasteiger partial charge in [0.2, 0.25) is 0 Å². The van der Waals surface area contributed by atoms with Crippen molar-refractivity contribution in [3.63, 3.8) is 0 Å². The average molecular weight is 389 g/mol. The number of rotatable bonds is 1. The molecule has 0 aromatic heterocycles. The number of likely N-dealkylation sites (tertiary alicyclic amines) is 1. The molecule has 5 nitrogen and oxygen atoms in total. The molecular formula is C24H23NO4. The average Bonchev–Trinajstić information content (AvgIpc) is 3.09. The highest BCUT2D eigenvalue weighted by molar-refractivity contribution is 5.95. The molecule has 5 heteroatoms. The molecule has 4 aliphatic rings. The minimum atomic E-state index is -1.15. The zero-order valence-electron chi connectivity index (χ0n) is 16.4. The molecule has 2 bridgehead atoms. The number of ether oxygens (including phenoxy) is 1. The largest absolute Gasteiger partial charge is 0.481 e. The lowest BCUT2D eigenvalue weighted by Crippen LogP contribution is -2.77. The van der Waals surface area contributed by atoms with Crippen LogP contribution in [0.5, 0.6) is 5.75 Å². The zero-order chi connectivity index (χ0) is 20.0. The van der Waals surface area contributed by atoms with E-state index < -0.39 is 17.1 Å². The fraction of sp³-hybridized carbons (Fsp3) is 0.417. The van der Waals surface area contributed by atoms with Gasteiger partial charge in [-0.2, -0.15) is 0 Å². The van der Waals surface area contributed by atoms with E-state index in [1.807, 2.05) is 48.2 Å². The van der Waals surface area contributed by atoms with Crippen LogP contribution < -0.4 is 4.74 Å². The Morgan fingerprint density at radius 3 is 2.76 bits per heavy atom. The molecule has 0 radical (unpaired) electrons. The van der Waals surface area contributed by atoms with Gasteiger partial charge in [0.05, 0.1) is 17.1 Å². The van der Waals surface area contributed by atoms with Crippen molar-refractivity contribution in [1.29, 1.82) is 0 Å². The number of Topliss-reactive ketones (excluding diaryl/α,β-unsaturated/α-hetero) is 1. The Balaban J connectivity index is 1.54. The summed E-state index contributed by atoms with van der Waals surface area (Å²) in [5, 5.41) is 12.2. The van der Waals surface area contributed by atoms with Gasteiger partial charge in [0.15, 0.2) is 11.9 Å². The zero-order valence-corrected chi connectivity index (χ0v) is 16.4. The summed E-state index contributed by atoms with van der Waals surface area (Å²) in [5.74, 6) is 0.796. The van der Waals surface area contributed by atoms with Gasteiger partial charge in [-0.05, 0) is 49.4 Å². The SMILES string of the molecule is Cc1ccc2c3c1OC1C(=O)CC[C@]4(O)[C@H](C2)N(C(=O)c2ccccc2)CCC314. The van der Waals surface area contributed by atoms with E-state index in [-0.39, 0.29) is 24.2 Å². The van der Waals surface area contributed by atoms with Crippen LogP contribution in [0.15, 0.2) is 42.5 Å². The maximum atomic E-state index is 13.4. The number of nitrogens with zero attached hydrogens (tertiary/aromatic N) is 1. The Bertz CT molecular complexity index is 1060. The minimum Gasteiger partial charge on any atom is -0.481 e. The van der Waals surface area contributed by atoms with Gasteiger partial charge in [0.1, 0.15) is 5.75 Å². The Labute approximate surface area is 169 Å². The summed E-state index contributed by atoms with van der Waals surface area (Å²) in [7, 11) is 0. The number of aliphatic hydroxyl groups is 1. The first-order valence-electron chi connectivity index (χ1n) is 10.4. The van der Waals surface area contributed by atoms with Crippen molar-refractivity contribution < 1.29 is 19.4 Å². The van der Waals surface area contributed by atoms with Gasteiger partial charge < -0.3 is 14.7 Å². The summed E-state index contributed by atoms with van der Waals surface area (Å²) in [6.45, 7) is 2.51. The fourth-order valence-electron chi connectivity index (χ4n) is 6.46. The van der Waals surface area contributed by atoms with Crippen molar-refractivity contribution in [2.24, 2.45) is 0 Å². The highest BCUT2D eigenvalue weighted by Crippen LogP contribution is 2.63. The molecule has 1 spiro atoms. The number of carbonyl (C=O) groups is 2. The number of ketones is 1. The quantitative estimate of drug-likeness (QED) is 0.814. The van der Waals surface area contributed by atoms with E-state index in [0.717, 1.165) is 22.4 Å². The molecule has 1 saturated heterocycles. The maximum absolute atomic E-state index is 13.4. The Kier molecular flexibility index (Phi) is 3.25. The van der Waals surface area contributed by atoms with Crippen LogP contribution in [0.1, 0.15) is 46.3 Å². The number of hydrogen-bond acceptors (Lipinski definition) is 4. The van der Waals surface area contributed by atoms with Crippen LogP contribution in [0.2, 0.25) is 0 Å². The Hall–Kier alpha value is -2.66. The Morgan fingerprint density at radius 2 is 1.97 bits per heavy atom. The van der Waals surface area contributed by atoms with Crippen LogP contribution in [-0.2, 0) is 16.6 Å². The smallest absolute Gasteiger partial charge is 0.254 e. The summed E-state index contributed by atoms with van der Waals surface area (Å²) < 4.78 is 6.25. The van der Waals surface area contributed by atoms with Crippen LogP contribution in [-0.4, -0.2) is 46.0 Å². The second-order valence-corrected chi connectivity index (χ2v) is 8.94. The van der Waals surface area contributed by atoms with Gasteiger partial charge in [-0.1, -0.05) is 30.3 Å². The molecule has 2 aliphatic carbocycles. The number of amides is 1. The molecule has 2 unspecified atom stereocenters. The molecule has 148 valence electrons. The van der Waals surface area contributed by atoms with Gasteiger partial charge in [-0.15, -0.1) is 0 Å². The number of piperidine rings is 1. The third kappa shape index (κ3) is 1.90. The van der Waals surface area contributed by atoms with E-state index in [1.54, 1.807) is 0 Å². The van der Waals surface area contributed by atoms with Crippen LogP contribution in [0, 0.1) is 6.92 Å². The standard InChI is InChI=1S/C24H23NO4/c1-14-7-8-16-13-18-24(28)10-9-17(26)21-23(24,19(16)20(14)29-21)11-12-25(18)22(27)15-5-3-2-4-6-15/h2-8,18,21,28H,9-13H2,1H3/t18-,21?,23?,24-/m0/s1. The van der Waals surface area contributed by atoms with Gasteiger partial charge in [-0.3, -0.25) is 9.59 Å². The number of benzene rings is 2. The van der Waals surface area contributed by atoms with Crippen molar-refractivity contribution in [2.75, 3.05) is 6.54 Å². The molecule has 2 heterocycles. The first-order valence-corrected chi connectivity index (χ1v) is 10.4. The number of hydrogen-bond donors (Lipinski definition) is 1. The summed E-state index contributed by atoms with van der Waals surface area (Å²) in [5.41, 5.74) is 1.87. The second-order valence-electron chi connectivity index (χ2n) is 8.94. The third-order valence-corrected chi connectivity index (χ3v) is 7.76. The van der Waals surface area contributed by atoms with Gasteiger partial charge >= 0.3 is 0 Å². The van der Waals surface area contributed by atoms with Crippen LogP contribution in [0.25, 0.3) is 0 Å². The summed E-state index contributed by atoms with van der Waals surface area (Å²) >= 11 is 0. The summed E-state index contributed by atoms with van der Waals surface area (Å²) in [6.07, 6.45) is 1.15. The fourth-order valence-corrected chi connectivity index (χ4v) is 6.46. The lowest BCUT2D eigenvalue weighted by atomic mass is 9.49. The minimum absolute atomic E-state index is 0.0537. The maximum Gasteiger partial charge on any atom is 0.254 e. The molecule has 1 saturated carbocycles. The van der Waals surface area contributed by atoms with E-state index in [9.17, 15) is 14.7 Å². The molecule has 1 N–H and O–H groups in total. The highest BCUT2D eigenvalue weighted by atomic mass is 16.5. The topological polar surface area (TPSA) is 66.8 Å². The molecular weight excluding hydrogens is 366 g/mol. The first kappa shape index (κ1) is 17.2. The number of aryl methyl sites for hydroxylation is 1. The van der Waals surface area contributed by atoms with Crippen LogP contribution >= 0.6 is 0 Å². The molecule has 1 amide bonds. The first-order chi connectivity index (χ1) is 14.0. The Morgan fingerprint density at radius 1 is 1.17 bits per heavy atom. The summed E-state index contributed by atoms with van der Waals surface area (Å²) in [4.78, 5) is 28.1. The highest BCUT2D eigenvalue weighted by Gasteiger charge is 2.73.